The average Bonchev–Trinajstić information content (AvgIpc) is 2.85. The molecule has 0 radical (unpaired) electrons. The van der Waals surface area contributed by atoms with Crippen LogP contribution < -0.4 is 9.47 Å². The highest BCUT2D eigenvalue weighted by Crippen LogP contribution is 2.38. The molecule has 0 bridgehead atoms. The van der Waals surface area contributed by atoms with E-state index >= 15 is 0 Å². The number of fused-ring (bicyclic) bond motifs is 1. The van der Waals surface area contributed by atoms with Crippen LogP contribution in [-0.4, -0.2) is 50.8 Å². The van der Waals surface area contributed by atoms with Gasteiger partial charge in [-0.05, 0) is 42.9 Å². The van der Waals surface area contributed by atoms with E-state index in [4.69, 9.17) is 21.1 Å². The fraction of sp³-hybridized carbons (Fsp3) is 0.650. The maximum absolute atomic E-state index is 12.9. The Morgan fingerprint density at radius 1 is 1.21 bits per heavy atom. The summed E-state index contributed by atoms with van der Waals surface area (Å²) in [7, 11) is -3.70. The molecular formula is C20H28ClNO5S. The average molecular weight is 430 g/mol. The molecule has 28 heavy (non-hydrogen) atoms. The van der Waals surface area contributed by atoms with Crippen molar-refractivity contribution >= 4 is 27.3 Å². The number of benzene rings is 1. The number of amides is 1. The summed E-state index contributed by atoms with van der Waals surface area (Å²) in [5, 5.41) is -0.776. The molecule has 0 spiro atoms. The molecule has 8 heteroatoms. The summed E-state index contributed by atoms with van der Waals surface area (Å²) in [6, 6.07) is 3.22. The quantitative estimate of drug-likeness (QED) is 0.734. The minimum absolute atomic E-state index is 0.269. The van der Waals surface area contributed by atoms with E-state index in [9.17, 15) is 13.2 Å². The second-order valence-electron chi connectivity index (χ2n) is 8.09. The van der Waals surface area contributed by atoms with Crippen molar-refractivity contribution in [3.05, 3.63) is 22.7 Å². The number of ether oxygens (including phenoxy) is 2. The van der Waals surface area contributed by atoms with Crippen LogP contribution in [0.5, 0.6) is 11.5 Å². The number of sulfone groups is 1. The molecule has 1 saturated heterocycles. The van der Waals surface area contributed by atoms with E-state index < -0.39 is 15.1 Å². The zero-order valence-corrected chi connectivity index (χ0v) is 18.2. The molecule has 1 aromatic rings. The Hall–Kier alpha value is -1.47. The van der Waals surface area contributed by atoms with Crippen LogP contribution in [0.2, 0.25) is 5.02 Å². The number of rotatable bonds is 4. The maximum Gasteiger partial charge on any atom is 0.240 e. The monoisotopic (exact) mass is 429 g/mol. The number of hydrogen-bond acceptors (Lipinski definition) is 5. The highest BCUT2D eigenvalue weighted by molar-refractivity contribution is 7.92. The van der Waals surface area contributed by atoms with Crippen molar-refractivity contribution in [1.29, 1.82) is 0 Å². The molecule has 3 atom stereocenters. The lowest BCUT2D eigenvalue weighted by atomic mass is 9.92. The van der Waals surface area contributed by atoms with Crippen LogP contribution in [0.3, 0.4) is 0 Å². The van der Waals surface area contributed by atoms with Crippen LogP contribution in [0.25, 0.3) is 0 Å². The topological polar surface area (TPSA) is 72.9 Å². The second-order valence-corrected chi connectivity index (χ2v) is 10.8. The highest BCUT2D eigenvalue weighted by Gasteiger charge is 2.35. The predicted octanol–water partition coefficient (Wildman–Crippen LogP) is 3.31. The number of carbonyl (C=O) groups is 1. The second kappa shape index (κ2) is 8.49. The molecule has 0 unspecified atom stereocenters. The minimum Gasteiger partial charge on any atom is -0.489 e. The van der Waals surface area contributed by atoms with Gasteiger partial charge in [-0.1, -0.05) is 25.4 Å². The van der Waals surface area contributed by atoms with Crippen LogP contribution in [0.15, 0.2) is 12.1 Å². The van der Waals surface area contributed by atoms with Gasteiger partial charge in [0, 0.05) is 19.5 Å². The molecule has 6 nitrogen and oxygen atoms in total. The molecule has 1 amide bonds. The molecule has 2 aliphatic heterocycles. The first-order chi connectivity index (χ1) is 13.2. The van der Waals surface area contributed by atoms with Gasteiger partial charge < -0.3 is 14.4 Å². The predicted molar refractivity (Wildman–Crippen MR) is 109 cm³/mol. The SMILES string of the molecule is C[C@@H]1C[C@H](C)CN(C(=O)[C@H](C)S(=O)(=O)Cc2cc(Cl)c3c(c2)OCCCO3)C1. The van der Waals surface area contributed by atoms with Gasteiger partial charge in [0.15, 0.2) is 21.3 Å². The fourth-order valence-electron chi connectivity index (χ4n) is 3.98. The van der Waals surface area contributed by atoms with E-state index in [1.807, 2.05) is 0 Å². The number of carbonyl (C=O) groups excluding carboxylic acids is 1. The number of nitrogens with zero attached hydrogens (tertiary/aromatic N) is 1. The molecular weight excluding hydrogens is 402 g/mol. The number of hydrogen-bond donors (Lipinski definition) is 0. The molecule has 156 valence electrons. The Balaban J connectivity index is 1.77. The molecule has 1 fully saturated rings. The van der Waals surface area contributed by atoms with Crippen LogP contribution in [0, 0.1) is 11.8 Å². The van der Waals surface area contributed by atoms with Crippen molar-refractivity contribution in [2.45, 2.75) is 44.6 Å². The number of halogens is 1. The van der Waals surface area contributed by atoms with E-state index in [2.05, 4.69) is 13.8 Å². The largest absolute Gasteiger partial charge is 0.489 e. The Bertz CT molecular complexity index is 831. The lowest BCUT2D eigenvalue weighted by Gasteiger charge is -2.36. The van der Waals surface area contributed by atoms with Gasteiger partial charge in [-0.15, -0.1) is 0 Å². The van der Waals surface area contributed by atoms with Gasteiger partial charge in [0.25, 0.3) is 0 Å². The lowest BCUT2D eigenvalue weighted by molar-refractivity contribution is -0.133. The van der Waals surface area contributed by atoms with Crippen LogP contribution in [0.1, 0.15) is 39.2 Å². The van der Waals surface area contributed by atoms with E-state index in [0.717, 1.165) is 12.8 Å². The maximum atomic E-state index is 12.9. The van der Waals surface area contributed by atoms with Gasteiger partial charge in [-0.2, -0.15) is 0 Å². The first-order valence-electron chi connectivity index (χ1n) is 9.75. The van der Waals surface area contributed by atoms with Crippen molar-refractivity contribution in [3.8, 4) is 11.5 Å². The van der Waals surface area contributed by atoms with Crippen molar-refractivity contribution in [1.82, 2.24) is 4.90 Å². The van der Waals surface area contributed by atoms with Gasteiger partial charge in [-0.3, -0.25) is 4.79 Å². The van der Waals surface area contributed by atoms with E-state index in [-0.39, 0.29) is 11.7 Å². The van der Waals surface area contributed by atoms with Crippen LogP contribution in [-0.2, 0) is 20.4 Å². The van der Waals surface area contributed by atoms with Gasteiger partial charge in [0.2, 0.25) is 5.91 Å². The third-order valence-electron chi connectivity index (χ3n) is 5.30. The number of piperidine rings is 1. The van der Waals surface area contributed by atoms with E-state index in [1.165, 1.54) is 6.92 Å². The Morgan fingerprint density at radius 2 is 1.86 bits per heavy atom. The molecule has 0 saturated carbocycles. The molecule has 2 aliphatic rings. The minimum atomic E-state index is -3.70. The first kappa shape index (κ1) is 21.2. The Labute approximate surface area is 172 Å². The summed E-state index contributed by atoms with van der Waals surface area (Å²) in [4.78, 5) is 14.5. The van der Waals surface area contributed by atoms with Gasteiger partial charge in [0.05, 0.1) is 24.0 Å². The summed E-state index contributed by atoms with van der Waals surface area (Å²) in [6.45, 7) is 7.87. The van der Waals surface area contributed by atoms with Crippen molar-refractivity contribution < 1.29 is 22.7 Å². The standard InChI is InChI=1S/C20H28ClNO5S/c1-13-7-14(2)11-22(10-13)20(23)15(3)28(24,25)12-16-8-17(21)19-18(9-16)26-5-4-6-27-19/h8-9,13-15H,4-7,10-12H2,1-3H3/t13-,14+,15-/m0/s1. The molecule has 1 aromatic carbocycles. The van der Waals surface area contributed by atoms with Crippen molar-refractivity contribution in [3.63, 3.8) is 0 Å². The summed E-state index contributed by atoms with van der Waals surface area (Å²) in [5.74, 6) is 1.06. The molecule has 0 N–H and O–H groups in total. The molecule has 0 aliphatic carbocycles. The van der Waals surface area contributed by atoms with Crippen LogP contribution >= 0.6 is 11.6 Å². The first-order valence-corrected chi connectivity index (χ1v) is 11.8. The van der Waals surface area contributed by atoms with E-state index in [0.29, 0.717) is 60.2 Å². The summed E-state index contributed by atoms with van der Waals surface area (Å²) in [6.07, 6.45) is 1.79. The molecule has 0 aromatic heterocycles. The Morgan fingerprint density at radius 3 is 2.54 bits per heavy atom. The van der Waals surface area contributed by atoms with E-state index in [1.54, 1.807) is 17.0 Å². The zero-order chi connectivity index (χ0) is 20.5. The smallest absolute Gasteiger partial charge is 0.240 e. The Kier molecular flexibility index (Phi) is 6.44. The number of likely N-dealkylation sites (tertiary alicyclic amines) is 1. The van der Waals surface area contributed by atoms with Gasteiger partial charge in [0.1, 0.15) is 5.25 Å². The van der Waals surface area contributed by atoms with Gasteiger partial charge in [-0.25, -0.2) is 8.42 Å². The molecule has 3 rings (SSSR count). The normalized spacial score (nSPS) is 23.8. The third-order valence-corrected chi connectivity index (χ3v) is 7.59. The molecule has 2 heterocycles. The van der Waals surface area contributed by atoms with Crippen molar-refractivity contribution in [2.24, 2.45) is 11.8 Å². The highest BCUT2D eigenvalue weighted by atomic mass is 35.5. The summed E-state index contributed by atoms with van der Waals surface area (Å²) >= 11 is 6.27. The van der Waals surface area contributed by atoms with Gasteiger partial charge >= 0.3 is 0 Å². The summed E-state index contributed by atoms with van der Waals surface area (Å²) in [5.41, 5.74) is 0.495. The zero-order valence-electron chi connectivity index (χ0n) is 16.6. The van der Waals surface area contributed by atoms with Crippen LogP contribution in [0.4, 0.5) is 0 Å². The fourth-order valence-corrected chi connectivity index (χ4v) is 5.60. The summed E-state index contributed by atoms with van der Waals surface area (Å²) < 4.78 is 37.1. The van der Waals surface area contributed by atoms with Crippen molar-refractivity contribution in [2.75, 3.05) is 26.3 Å². The third kappa shape index (κ3) is 4.74. The lowest BCUT2D eigenvalue weighted by Crippen LogP contribution is -2.48.